The summed E-state index contributed by atoms with van der Waals surface area (Å²) >= 11 is 0. The van der Waals surface area contributed by atoms with Gasteiger partial charge in [0.15, 0.2) is 0 Å². The molecule has 1 fully saturated rings. The molecule has 2 heterocycles. The zero-order valence-corrected chi connectivity index (χ0v) is 15.2. The Labute approximate surface area is 149 Å². The second kappa shape index (κ2) is 7.54. The van der Waals surface area contributed by atoms with Gasteiger partial charge in [-0.3, -0.25) is 19.4 Å². The molecule has 2 aliphatic heterocycles. The summed E-state index contributed by atoms with van der Waals surface area (Å²) in [5, 5.41) is 0. The molecule has 2 aliphatic rings. The molecule has 0 aromatic heterocycles. The standard InChI is InChI=1S/C19H28N4O2/c1-21-10-15-6-5-14(8-17(15)11-21)9-22(2)19(25)16-4-3-7-23(12-16)13-18(20)24/h5-6,8,16H,3-4,7,9-13H2,1-2H3,(H2,20,24)/t16-/m1/s1. The fraction of sp³-hybridized carbons (Fsp3) is 0.579. The van der Waals surface area contributed by atoms with Crippen molar-refractivity contribution in [2.45, 2.75) is 32.5 Å². The van der Waals surface area contributed by atoms with Gasteiger partial charge in [-0.1, -0.05) is 18.2 Å². The van der Waals surface area contributed by atoms with Crippen molar-refractivity contribution in [1.29, 1.82) is 0 Å². The topological polar surface area (TPSA) is 69.9 Å². The number of hydrogen-bond donors (Lipinski definition) is 1. The largest absolute Gasteiger partial charge is 0.369 e. The van der Waals surface area contributed by atoms with Gasteiger partial charge in [0.2, 0.25) is 11.8 Å². The lowest BCUT2D eigenvalue weighted by Gasteiger charge is -2.33. The summed E-state index contributed by atoms with van der Waals surface area (Å²) in [7, 11) is 3.99. The van der Waals surface area contributed by atoms with Crippen LogP contribution in [0.4, 0.5) is 0 Å². The normalized spacial score (nSPS) is 21.1. The molecule has 1 atom stereocenters. The van der Waals surface area contributed by atoms with Crippen LogP contribution in [0.25, 0.3) is 0 Å². The van der Waals surface area contributed by atoms with Crippen molar-refractivity contribution in [2.75, 3.05) is 33.7 Å². The minimum atomic E-state index is -0.329. The zero-order valence-electron chi connectivity index (χ0n) is 15.2. The number of primary amides is 1. The molecule has 1 aromatic rings. The van der Waals surface area contributed by atoms with Crippen molar-refractivity contribution in [3.8, 4) is 0 Å². The molecule has 3 rings (SSSR count). The van der Waals surface area contributed by atoms with Gasteiger partial charge in [-0.15, -0.1) is 0 Å². The number of carbonyl (C=O) groups excluding carboxylic acids is 2. The van der Waals surface area contributed by atoms with Gasteiger partial charge in [0.1, 0.15) is 0 Å². The molecule has 0 unspecified atom stereocenters. The van der Waals surface area contributed by atoms with Crippen LogP contribution in [0, 0.1) is 5.92 Å². The number of fused-ring (bicyclic) bond motifs is 1. The van der Waals surface area contributed by atoms with Crippen LogP contribution in [0.1, 0.15) is 29.5 Å². The predicted octanol–water partition coefficient (Wildman–Crippen LogP) is 0.788. The Kier molecular flexibility index (Phi) is 5.39. The highest BCUT2D eigenvalue weighted by atomic mass is 16.2. The number of rotatable bonds is 5. The van der Waals surface area contributed by atoms with Crippen LogP contribution in [0.3, 0.4) is 0 Å². The number of nitrogens with two attached hydrogens (primary N) is 1. The van der Waals surface area contributed by atoms with E-state index in [4.69, 9.17) is 5.73 Å². The Balaban J connectivity index is 1.59. The van der Waals surface area contributed by atoms with Crippen LogP contribution in [-0.4, -0.2) is 60.2 Å². The van der Waals surface area contributed by atoms with E-state index in [1.807, 2.05) is 16.8 Å². The first-order valence-electron chi connectivity index (χ1n) is 8.97. The van der Waals surface area contributed by atoms with Crippen molar-refractivity contribution in [3.63, 3.8) is 0 Å². The zero-order chi connectivity index (χ0) is 18.0. The average molecular weight is 344 g/mol. The summed E-state index contributed by atoms with van der Waals surface area (Å²) in [5.41, 5.74) is 9.21. The maximum atomic E-state index is 12.8. The maximum absolute atomic E-state index is 12.8. The number of nitrogens with zero attached hydrogens (tertiary/aromatic N) is 3. The lowest BCUT2D eigenvalue weighted by atomic mass is 9.96. The monoisotopic (exact) mass is 344 g/mol. The van der Waals surface area contributed by atoms with Crippen LogP contribution in [0.2, 0.25) is 0 Å². The molecule has 2 N–H and O–H groups in total. The smallest absolute Gasteiger partial charge is 0.231 e. The number of benzene rings is 1. The van der Waals surface area contributed by atoms with E-state index >= 15 is 0 Å². The molecule has 25 heavy (non-hydrogen) atoms. The fourth-order valence-corrected chi connectivity index (χ4v) is 4.00. The van der Waals surface area contributed by atoms with Crippen LogP contribution in [0.15, 0.2) is 18.2 Å². The van der Waals surface area contributed by atoms with Crippen molar-refractivity contribution >= 4 is 11.8 Å². The first kappa shape index (κ1) is 17.9. The van der Waals surface area contributed by atoms with Gasteiger partial charge in [0.05, 0.1) is 12.5 Å². The number of hydrogen-bond acceptors (Lipinski definition) is 4. The molecule has 6 heteroatoms. The minimum absolute atomic E-state index is 0.0429. The third-order valence-corrected chi connectivity index (χ3v) is 5.18. The van der Waals surface area contributed by atoms with E-state index in [1.165, 1.54) is 16.7 Å². The van der Waals surface area contributed by atoms with Crippen molar-refractivity contribution < 1.29 is 9.59 Å². The highest BCUT2D eigenvalue weighted by Gasteiger charge is 2.28. The van der Waals surface area contributed by atoms with E-state index < -0.39 is 0 Å². The number of likely N-dealkylation sites (tertiary alicyclic amines) is 1. The minimum Gasteiger partial charge on any atom is -0.369 e. The summed E-state index contributed by atoms with van der Waals surface area (Å²) in [4.78, 5) is 30.0. The van der Waals surface area contributed by atoms with Gasteiger partial charge in [-0.05, 0) is 43.1 Å². The molecule has 0 radical (unpaired) electrons. The molecule has 0 aliphatic carbocycles. The third-order valence-electron chi connectivity index (χ3n) is 5.18. The average Bonchev–Trinajstić information content (AvgIpc) is 2.93. The summed E-state index contributed by atoms with van der Waals surface area (Å²) < 4.78 is 0. The van der Waals surface area contributed by atoms with E-state index in [1.54, 1.807) is 0 Å². The second-order valence-electron chi connectivity index (χ2n) is 7.51. The van der Waals surface area contributed by atoms with E-state index in [2.05, 4.69) is 30.1 Å². The van der Waals surface area contributed by atoms with Crippen molar-refractivity contribution in [3.05, 3.63) is 34.9 Å². The lowest BCUT2D eigenvalue weighted by molar-refractivity contribution is -0.137. The molecule has 136 valence electrons. The van der Waals surface area contributed by atoms with Crippen LogP contribution in [-0.2, 0) is 29.2 Å². The Morgan fingerprint density at radius 3 is 2.80 bits per heavy atom. The Hall–Kier alpha value is -1.92. The highest BCUT2D eigenvalue weighted by molar-refractivity contribution is 5.79. The summed E-state index contributed by atoms with van der Waals surface area (Å²) in [6.45, 7) is 4.32. The quantitative estimate of drug-likeness (QED) is 0.857. The molecule has 0 spiro atoms. The van der Waals surface area contributed by atoms with Gasteiger partial charge >= 0.3 is 0 Å². The summed E-state index contributed by atoms with van der Waals surface area (Å²) in [5.74, 6) is -0.213. The SMILES string of the molecule is CN1Cc2ccc(CN(C)C(=O)[C@@H]3CCCN(CC(N)=O)C3)cc2C1. The van der Waals surface area contributed by atoms with E-state index in [-0.39, 0.29) is 24.3 Å². The summed E-state index contributed by atoms with van der Waals surface area (Å²) in [6.07, 6.45) is 1.82. The fourth-order valence-electron chi connectivity index (χ4n) is 4.00. The molecule has 1 aromatic carbocycles. The molecule has 0 saturated carbocycles. The molecule has 2 amide bonds. The lowest BCUT2D eigenvalue weighted by Crippen LogP contribution is -2.46. The molecule has 1 saturated heterocycles. The van der Waals surface area contributed by atoms with Crippen LogP contribution < -0.4 is 5.73 Å². The molecular weight excluding hydrogens is 316 g/mol. The number of amides is 2. The van der Waals surface area contributed by atoms with E-state index in [0.29, 0.717) is 13.1 Å². The van der Waals surface area contributed by atoms with E-state index in [9.17, 15) is 9.59 Å². The highest BCUT2D eigenvalue weighted by Crippen LogP contribution is 2.24. The molecular formula is C19H28N4O2. The Morgan fingerprint density at radius 2 is 2.04 bits per heavy atom. The predicted molar refractivity (Wildman–Crippen MR) is 96.4 cm³/mol. The van der Waals surface area contributed by atoms with Gasteiger partial charge in [0, 0.05) is 33.2 Å². The van der Waals surface area contributed by atoms with Gasteiger partial charge in [-0.25, -0.2) is 0 Å². The molecule has 0 bridgehead atoms. The number of piperidine rings is 1. The van der Waals surface area contributed by atoms with E-state index in [0.717, 1.165) is 32.5 Å². The Morgan fingerprint density at radius 1 is 1.28 bits per heavy atom. The first-order valence-corrected chi connectivity index (χ1v) is 8.97. The van der Waals surface area contributed by atoms with Crippen LogP contribution >= 0.6 is 0 Å². The second-order valence-corrected chi connectivity index (χ2v) is 7.51. The van der Waals surface area contributed by atoms with Gasteiger partial charge in [0.25, 0.3) is 0 Å². The van der Waals surface area contributed by atoms with Crippen molar-refractivity contribution in [1.82, 2.24) is 14.7 Å². The first-order chi connectivity index (χ1) is 11.9. The van der Waals surface area contributed by atoms with Gasteiger partial charge in [-0.2, -0.15) is 0 Å². The van der Waals surface area contributed by atoms with Gasteiger partial charge < -0.3 is 10.6 Å². The maximum Gasteiger partial charge on any atom is 0.231 e. The Bertz CT molecular complexity index is 661. The van der Waals surface area contributed by atoms with Crippen molar-refractivity contribution in [2.24, 2.45) is 11.7 Å². The summed E-state index contributed by atoms with van der Waals surface area (Å²) in [6, 6.07) is 6.53. The number of carbonyl (C=O) groups is 2. The third kappa shape index (κ3) is 4.38. The van der Waals surface area contributed by atoms with Crippen LogP contribution in [0.5, 0.6) is 0 Å². The molecule has 6 nitrogen and oxygen atoms in total.